The van der Waals surface area contributed by atoms with Crippen molar-refractivity contribution in [1.82, 2.24) is 0 Å². The molecule has 0 aliphatic carbocycles. The Morgan fingerprint density at radius 2 is 1.65 bits per heavy atom. The van der Waals surface area contributed by atoms with Crippen molar-refractivity contribution in [2.24, 2.45) is 5.73 Å². The predicted octanol–water partition coefficient (Wildman–Crippen LogP) is 3.74. The van der Waals surface area contributed by atoms with Crippen LogP contribution in [0, 0.1) is 0 Å². The largest absolute Gasteiger partial charge is 0.489 e. The normalized spacial score (nSPS) is 11.4. The molecule has 2 aromatic rings. The summed E-state index contributed by atoms with van der Waals surface area (Å²) in [7, 11) is 0. The highest BCUT2D eigenvalue weighted by Gasteiger charge is 2.31. The highest BCUT2D eigenvalue weighted by Crippen LogP contribution is 2.32. The summed E-state index contributed by atoms with van der Waals surface area (Å²) in [5.74, 6) is 0.170. The van der Waals surface area contributed by atoms with Crippen molar-refractivity contribution >= 4 is 0 Å². The zero-order chi connectivity index (χ0) is 14.6. The molecule has 0 spiro atoms. The molecule has 20 heavy (non-hydrogen) atoms. The molecule has 0 amide bonds. The fourth-order valence-electron chi connectivity index (χ4n) is 1.77. The third kappa shape index (κ3) is 3.74. The second kappa shape index (κ2) is 5.96. The molecule has 5 heteroatoms. The van der Waals surface area contributed by atoms with Crippen molar-refractivity contribution in [3.63, 3.8) is 0 Å². The first-order chi connectivity index (χ1) is 9.49. The van der Waals surface area contributed by atoms with Crippen molar-refractivity contribution in [3.8, 4) is 5.75 Å². The van der Waals surface area contributed by atoms with E-state index in [1.165, 1.54) is 6.07 Å². The quantitative estimate of drug-likeness (QED) is 0.926. The first-order valence-corrected chi connectivity index (χ1v) is 6.07. The molecule has 0 bridgehead atoms. The van der Waals surface area contributed by atoms with Crippen LogP contribution in [0.1, 0.15) is 16.7 Å². The molecule has 0 heterocycles. The topological polar surface area (TPSA) is 35.2 Å². The van der Waals surface area contributed by atoms with Crippen LogP contribution in [0.15, 0.2) is 48.5 Å². The van der Waals surface area contributed by atoms with E-state index in [1.54, 1.807) is 0 Å². The Morgan fingerprint density at radius 1 is 0.950 bits per heavy atom. The number of rotatable bonds is 4. The molecule has 0 aliphatic heterocycles. The minimum atomic E-state index is -4.41. The third-order valence-corrected chi connectivity index (χ3v) is 2.78. The maximum absolute atomic E-state index is 12.8. The van der Waals surface area contributed by atoms with E-state index in [-0.39, 0.29) is 18.9 Å². The van der Waals surface area contributed by atoms with E-state index in [9.17, 15) is 13.2 Å². The summed E-state index contributed by atoms with van der Waals surface area (Å²) in [4.78, 5) is 0. The van der Waals surface area contributed by atoms with Crippen molar-refractivity contribution in [2.75, 3.05) is 0 Å². The SMILES string of the molecule is NCc1cc(OCc2ccccc2)cc(C(F)(F)F)c1. The van der Waals surface area contributed by atoms with Crippen LogP contribution in [0.25, 0.3) is 0 Å². The molecule has 2 N–H and O–H groups in total. The van der Waals surface area contributed by atoms with Gasteiger partial charge >= 0.3 is 6.18 Å². The summed E-state index contributed by atoms with van der Waals surface area (Å²) in [5, 5.41) is 0. The highest BCUT2D eigenvalue weighted by molar-refractivity contribution is 5.36. The van der Waals surface area contributed by atoms with Gasteiger partial charge in [0.25, 0.3) is 0 Å². The van der Waals surface area contributed by atoms with Gasteiger partial charge in [0.15, 0.2) is 0 Å². The molecule has 2 rings (SSSR count). The van der Waals surface area contributed by atoms with Crippen molar-refractivity contribution in [3.05, 3.63) is 65.2 Å². The summed E-state index contributed by atoms with van der Waals surface area (Å²) in [6.45, 7) is 0.248. The lowest BCUT2D eigenvalue weighted by molar-refractivity contribution is -0.137. The number of halogens is 3. The number of alkyl halides is 3. The highest BCUT2D eigenvalue weighted by atomic mass is 19.4. The van der Waals surface area contributed by atoms with Gasteiger partial charge in [-0.2, -0.15) is 13.2 Å². The second-order valence-corrected chi connectivity index (χ2v) is 4.34. The van der Waals surface area contributed by atoms with E-state index in [4.69, 9.17) is 10.5 Å². The number of nitrogens with two attached hydrogens (primary N) is 1. The zero-order valence-electron chi connectivity index (χ0n) is 10.7. The van der Waals surface area contributed by atoms with Crippen LogP contribution in [0.4, 0.5) is 13.2 Å². The van der Waals surface area contributed by atoms with Crippen LogP contribution in [0.2, 0.25) is 0 Å². The molecule has 0 aliphatic rings. The molecule has 0 saturated heterocycles. The molecule has 2 aromatic carbocycles. The third-order valence-electron chi connectivity index (χ3n) is 2.78. The summed E-state index contributed by atoms with van der Waals surface area (Å²) in [6.07, 6.45) is -4.41. The van der Waals surface area contributed by atoms with Crippen molar-refractivity contribution < 1.29 is 17.9 Å². The maximum atomic E-state index is 12.8. The summed E-state index contributed by atoms with van der Waals surface area (Å²) >= 11 is 0. The van der Waals surface area contributed by atoms with E-state index >= 15 is 0 Å². The van der Waals surface area contributed by atoms with Gasteiger partial charge in [-0.15, -0.1) is 0 Å². The Labute approximate surface area is 115 Å². The van der Waals surface area contributed by atoms with Crippen molar-refractivity contribution in [2.45, 2.75) is 19.3 Å². The Balaban J connectivity index is 2.19. The van der Waals surface area contributed by atoms with Crippen LogP contribution in [0.3, 0.4) is 0 Å². The monoisotopic (exact) mass is 281 g/mol. The maximum Gasteiger partial charge on any atom is 0.416 e. The van der Waals surface area contributed by atoms with Crippen molar-refractivity contribution in [1.29, 1.82) is 0 Å². The Bertz CT molecular complexity index is 567. The van der Waals surface area contributed by atoms with Gasteiger partial charge in [0.05, 0.1) is 5.56 Å². The number of benzene rings is 2. The smallest absolute Gasteiger partial charge is 0.416 e. The van der Waals surface area contributed by atoms with Crippen LogP contribution in [-0.2, 0) is 19.3 Å². The zero-order valence-corrected chi connectivity index (χ0v) is 10.7. The van der Waals surface area contributed by atoms with Crippen LogP contribution in [-0.4, -0.2) is 0 Å². The van der Waals surface area contributed by atoms with Gasteiger partial charge in [0.2, 0.25) is 0 Å². The Hall–Kier alpha value is -2.01. The minimum Gasteiger partial charge on any atom is -0.489 e. The molecule has 106 valence electrons. The van der Waals surface area contributed by atoms with Gasteiger partial charge in [-0.3, -0.25) is 0 Å². The minimum absolute atomic E-state index is 0.0334. The van der Waals surface area contributed by atoms with Gasteiger partial charge < -0.3 is 10.5 Å². The fourth-order valence-corrected chi connectivity index (χ4v) is 1.77. The molecule has 0 atom stereocenters. The second-order valence-electron chi connectivity index (χ2n) is 4.34. The molecule has 0 unspecified atom stereocenters. The van der Waals surface area contributed by atoms with Gasteiger partial charge in [0, 0.05) is 6.54 Å². The lowest BCUT2D eigenvalue weighted by Crippen LogP contribution is -2.08. The van der Waals surface area contributed by atoms with E-state index in [0.29, 0.717) is 5.56 Å². The lowest BCUT2D eigenvalue weighted by Gasteiger charge is -2.12. The van der Waals surface area contributed by atoms with Gasteiger partial charge in [-0.25, -0.2) is 0 Å². The summed E-state index contributed by atoms with van der Waals surface area (Å²) in [5.41, 5.74) is 5.95. The van der Waals surface area contributed by atoms with Crippen LogP contribution >= 0.6 is 0 Å². The first kappa shape index (κ1) is 14.4. The van der Waals surface area contributed by atoms with Crippen LogP contribution < -0.4 is 10.5 Å². The standard InChI is InChI=1S/C15H14F3NO/c16-15(17,18)13-6-12(9-19)7-14(8-13)20-10-11-4-2-1-3-5-11/h1-8H,9-10,19H2. The predicted molar refractivity (Wildman–Crippen MR) is 70.1 cm³/mol. The lowest BCUT2D eigenvalue weighted by atomic mass is 10.1. The molecule has 2 nitrogen and oxygen atoms in total. The molecule has 0 aromatic heterocycles. The summed E-state index contributed by atoms with van der Waals surface area (Å²) < 4.78 is 43.7. The Morgan fingerprint density at radius 3 is 2.25 bits per heavy atom. The molecular formula is C15H14F3NO. The first-order valence-electron chi connectivity index (χ1n) is 6.07. The number of ether oxygens (including phenoxy) is 1. The van der Waals surface area contributed by atoms with E-state index in [2.05, 4.69) is 0 Å². The van der Waals surface area contributed by atoms with Gasteiger partial charge in [-0.05, 0) is 29.3 Å². The summed E-state index contributed by atoms with van der Waals surface area (Å²) in [6, 6.07) is 12.8. The molecular weight excluding hydrogens is 267 g/mol. The van der Waals surface area contributed by atoms with E-state index in [1.807, 2.05) is 30.3 Å². The number of hydrogen-bond acceptors (Lipinski definition) is 2. The molecule has 0 fully saturated rings. The Kier molecular flexibility index (Phi) is 4.29. The van der Waals surface area contributed by atoms with E-state index < -0.39 is 11.7 Å². The molecule has 0 radical (unpaired) electrons. The van der Waals surface area contributed by atoms with Crippen LogP contribution in [0.5, 0.6) is 5.75 Å². The van der Waals surface area contributed by atoms with E-state index in [0.717, 1.165) is 17.7 Å². The van der Waals surface area contributed by atoms with Gasteiger partial charge in [-0.1, -0.05) is 30.3 Å². The average Bonchev–Trinajstić information content (AvgIpc) is 2.45. The fraction of sp³-hybridized carbons (Fsp3) is 0.200. The van der Waals surface area contributed by atoms with Gasteiger partial charge in [0.1, 0.15) is 12.4 Å². The number of hydrogen-bond donors (Lipinski definition) is 1. The average molecular weight is 281 g/mol. The molecule has 0 saturated carbocycles.